The fraction of sp³-hybridized carbons (Fsp3) is 0.102. The molecule has 5 heteroatoms. The van der Waals surface area contributed by atoms with Crippen molar-refractivity contribution in [3.63, 3.8) is 0 Å². The van der Waals surface area contributed by atoms with Crippen LogP contribution in [0.4, 0.5) is 0 Å². The van der Waals surface area contributed by atoms with Crippen molar-refractivity contribution in [2.24, 2.45) is 0 Å². The summed E-state index contributed by atoms with van der Waals surface area (Å²) in [6.45, 7) is 8.61. The number of nitrogens with zero attached hydrogens (tertiary/aromatic N) is 2. The minimum atomic E-state index is -0.118. The van der Waals surface area contributed by atoms with Crippen molar-refractivity contribution in [3.8, 4) is 61.7 Å². The Kier molecular flexibility index (Phi) is 9.04. The fourth-order valence-corrected chi connectivity index (χ4v) is 7.45. The van der Waals surface area contributed by atoms with Gasteiger partial charge in [0, 0.05) is 38.2 Å². The minimum Gasteiger partial charge on any atom is -0.507 e. The van der Waals surface area contributed by atoms with Crippen LogP contribution in [0.5, 0.6) is 5.75 Å². The van der Waals surface area contributed by atoms with Crippen molar-refractivity contribution in [3.05, 3.63) is 163 Å². The molecule has 0 spiro atoms. The molecule has 0 aliphatic carbocycles. The maximum Gasteiger partial charge on any atom is 0.230 e. The van der Waals surface area contributed by atoms with Crippen molar-refractivity contribution in [1.82, 2.24) is 9.97 Å². The Hall–Kier alpha value is -5.83. The van der Waals surface area contributed by atoms with Crippen molar-refractivity contribution >= 4 is 32.8 Å². The molecule has 9 aromatic rings. The second kappa shape index (κ2) is 13.9. The number of aromatic nitrogens is 2. The normalized spacial score (nSPS) is 11.6. The Morgan fingerprint density at radius 3 is 2.15 bits per heavy atom. The van der Waals surface area contributed by atoms with E-state index in [2.05, 4.69) is 149 Å². The molecule has 9 rings (SSSR count). The Labute approximate surface area is 329 Å². The maximum atomic E-state index is 11.1. The van der Waals surface area contributed by atoms with E-state index >= 15 is 0 Å². The smallest absolute Gasteiger partial charge is 0.230 e. The second-order valence-electron chi connectivity index (χ2n) is 14.8. The van der Waals surface area contributed by atoms with E-state index in [1.54, 1.807) is 6.07 Å². The number of hydrogen-bond acceptors (Lipinski definition) is 4. The van der Waals surface area contributed by atoms with Gasteiger partial charge in [0.1, 0.15) is 11.3 Å². The molecule has 0 saturated carbocycles. The third-order valence-electron chi connectivity index (χ3n) is 10.2. The van der Waals surface area contributed by atoms with E-state index in [1.165, 1.54) is 5.56 Å². The van der Waals surface area contributed by atoms with Crippen LogP contribution in [-0.4, -0.2) is 15.1 Å². The van der Waals surface area contributed by atoms with Crippen LogP contribution >= 0.6 is 0 Å². The molecule has 54 heavy (non-hydrogen) atoms. The third-order valence-corrected chi connectivity index (χ3v) is 10.2. The molecule has 2 heterocycles. The Bertz CT molecular complexity index is 2850. The van der Waals surface area contributed by atoms with E-state index in [-0.39, 0.29) is 32.2 Å². The number of benzene rings is 7. The summed E-state index contributed by atoms with van der Waals surface area (Å²) < 4.78 is 6.58. The van der Waals surface area contributed by atoms with Crippen LogP contribution in [-0.2, 0) is 26.5 Å². The van der Waals surface area contributed by atoms with Crippen LogP contribution in [0.2, 0.25) is 0 Å². The monoisotopic (exact) mass is 880 g/mol. The maximum absolute atomic E-state index is 11.1. The van der Waals surface area contributed by atoms with Crippen LogP contribution in [0, 0.1) is 13.0 Å². The molecule has 0 radical (unpaired) electrons. The fourth-order valence-electron chi connectivity index (χ4n) is 7.45. The summed E-state index contributed by atoms with van der Waals surface area (Å²) in [5, 5.41) is 14.5. The zero-order valence-electron chi connectivity index (χ0n) is 30.4. The van der Waals surface area contributed by atoms with Gasteiger partial charge >= 0.3 is 0 Å². The van der Waals surface area contributed by atoms with Crippen LogP contribution in [0.15, 0.2) is 150 Å². The van der Waals surface area contributed by atoms with E-state index in [4.69, 9.17) is 14.4 Å². The van der Waals surface area contributed by atoms with Crippen molar-refractivity contribution in [1.29, 1.82) is 0 Å². The number of aryl methyl sites for hydroxylation is 1. The summed E-state index contributed by atoms with van der Waals surface area (Å²) in [6, 6.07) is 51.7. The third kappa shape index (κ3) is 6.21. The first kappa shape index (κ1) is 35.2. The molecule has 0 atom stereocenters. The van der Waals surface area contributed by atoms with Crippen LogP contribution in [0.25, 0.3) is 88.7 Å². The van der Waals surface area contributed by atoms with Crippen LogP contribution < -0.4 is 0 Å². The second-order valence-corrected chi connectivity index (χ2v) is 14.8. The Morgan fingerprint density at radius 2 is 1.33 bits per heavy atom. The summed E-state index contributed by atoms with van der Waals surface area (Å²) in [4.78, 5) is 10.0. The number of rotatable bonds is 5. The summed E-state index contributed by atoms with van der Waals surface area (Å²) >= 11 is 0. The van der Waals surface area contributed by atoms with E-state index in [1.807, 2.05) is 24.4 Å². The number of hydrogen-bond donors (Lipinski definition) is 1. The van der Waals surface area contributed by atoms with Crippen molar-refractivity contribution < 1.29 is 30.6 Å². The summed E-state index contributed by atoms with van der Waals surface area (Å²) in [7, 11) is 0. The molecular weight excluding hydrogens is 844 g/mol. The molecule has 266 valence electrons. The predicted molar refractivity (Wildman–Crippen MR) is 218 cm³/mol. The van der Waals surface area contributed by atoms with Gasteiger partial charge in [-0.2, -0.15) is 0 Å². The van der Waals surface area contributed by atoms with Gasteiger partial charge < -0.3 is 9.52 Å². The van der Waals surface area contributed by atoms with Crippen molar-refractivity contribution in [2.45, 2.75) is 33.1 Å². The average Bonchev–Trinajstić information content (AvgIpc) is 3.61. The number of phenolic OH excluding ortho intramolecular Hbond substituents is 1. The number of phenols is 1. The molecule has 4 nitrogen and oxygen atoms in total. The SMILES string of the molecule is Cc1ccnc2c(-c3[c-]c(-c4cc(-c5cccc6ccccc56)cc5oc(-c6cc(C(C)(C)C)ccc6O)nc45)ccc3)ccc(-c3ccccc3)c12.[Pt]. The minimum absolute atomic E-state index is 0. The molecular formula is C49H37N2O2Pt-. The molecule has 0 aliphatic rings. The molecule has 0 amide bonds. The molecule has 0 unspecified atom stereocenters. The largest absolute Gasteiger partial charge is 0.507 e. The van der Waals surface area contributed by atoms with Gasteiger partial charge in [0.25, 0.3) is 0 Å². The van der Waals surface area contributed by atoms with E-state index < -0.39 is 0 Å². The van der Waals surface area contributed by atoms with Gasteiger partial charge in [0.2, 0.25) is 5.89 Å². The first-order chi connectivity index (χ1) is 25.7. The average molecular weight is 881 g/mol. The van der Waals surface area contributed by atoms with Gasteiger partial charge in [-0.15, -0.1) is 35.4 Å². The molecule has 0 fully saturated rings. The van der Waals surface area contributed by atoms with Gasteiger partial charge in [-0.1, -0.05) is 129 Å². The van der Waals surface area contributed by atoms with Gasteiger partial charge in [-0.25, -0.2) is 4.98 Å². The summed E-state index contributed by atoms with van der Waals surface area (Å²) in [5.74, 6) is 0.501. The number of aromatic hydroxyl groups is 1. The number of fused-ring (bicyclic) bond motifs is 3. The predicted octanol–water partition coefficient (Wildman–Crippen LogP) is 13.0. The summed E-state index contributed by atoms with van der Waals surface area (Å²) in [6.07, 6.45) is 1.89. The van der Waals surface area contributed by atoms with E-state index in [0.717, 1.165) is 71.7 Å². The molecule has 1 N–H and O–H groups in total. The first-order valence-electron chi connectivity index (χ1n) is 18.0. The van der Waals surface area contributed by atoms with Gasteiger partial charge in [-0.3, -0.25) is 4.98 Å². The summed E-state index contributed by atoms with van der Waals surface area (Å²) in [5.41, 5.74) is 13.1. The molecule has 0 aliphatic heterocycles. The topological polar surface area (TPSA) is 59.2 Å². The Morgan fingerprint density at radius 1 is 0.611 bits per heavy atom. The van der Waals surface area contributed by atoms with Gasteiger partial charge in [-0.05, 0) is 80.8 Å². The number of oxazole rings is 1. The van der Waals surface area contributed by atoms with Gasteiger partial charge in [0.15, 0.2) is 0 Å². The Balaban J connectivity index is 0.00000413. The first-order valence-corrected chi connectivity index (χ1v) is 18.0. The van der Waals surface area contributed by atoms with E-state index in [9.17, 15) is 5.11 Å². The standard InChI is InChI=1S/C49H37N2O2.Pt/c1-30-24-25-50-47-40(22-21-39(45(30)47)32-12-6-5-7-13-32)33-16-10-17-34(26-33)41-27-35(38-19-11-15-31-14-8-9-18-37(31)38)28-44-46(41)51-48(53-44)42-29-36(49(2,3)4)20-23-43(42)52;/h5-25,27-29,52H,1-4H3;/q-1;. The zero-order chi connectivity index (χ0) is 36.3. The molecule has 2 aromatic heterocycles. The van der Waals surface area contributed by atoms with Crippen LogP contribution in [0.3, 0.4) is 0 Å². The quantitative estimate of drug-likeness (QED) is 0.175. The molecule has 0 saturated heterocycles. The number of pyridine rings is 1. The molecule has 0 bridgehead atoms. The van der Waals surface area contributed by atoms with Crippen LogP contribution in [0.1, 0.15) is 31.9 Å². The van der Waals surface area contributed by atoms with E-state index in [0.29, 0.717) is 22.6 Å². The van der Waals surface area contributed by atoms with Gasteiger partial charge in [0.05, 0.1) is 11.1 Å². The molecule has 7 aromatic carbocycles. The van der Waals surface area contributed by atoms with Crippen molar-refractivity contribution in [2.75, 3.05) is 0 Å². The zero-order valence-corrected chi connectivity index (χ0v) is 32.7.